The van der Waals surface area contributed by atoms with Crippen LogP contribution in [-0.4, -0.2) is 33.6 Å². The summed E-state index contributed by atoms with van der Waals surface area (Å²) in [6.07, 6.45) is 6.21. The Kier molecular flexibility index (Phi) is 5.34. The van der Waals surface area contributed by atoms with Gasteiger partial charge >= 0.3 is 0 Å². The highest BCUT2D eigenvalue weighted by Crippen LogP contribution is 2.29. The van der Waals surface area contributed by atoms with Crippen molar-refractivity contribution in [1.82, 2.24) is 14.6 Å². The van der Waals surface area contributed by atoms with Crippen LogP contribution in [0, 0.1) is 6.92 Å². The summed E-state index contributed by atoms with van der Waals surface area (Å²) < 4.78 is 7.54. The van der Waals surface area contributed by atoms with E-state index in [9.17, 15) is 4.79 Å². The average molecular weight is 382 g/mol. The van der Waals surface area contributed by atoms with Crippen LogP contribution in [0.5, 0.6) is 0 Å². The van der Waals surface area contributed by atoms with E-state index in [-0.39, 0.29) is 5.91 Å². The Labute approximate surface area is 163 Å². The molecule has 0 spiro atoms. The number of hydrogen-bond donors (Lipinski definition) is 0. The Morgan fingerprint density at radius 1 is 1.19 bits per heavy atom. The van der Waals surface area contributed by atoms with Crippen molar-refractivity contribution in [3.05, 3.63) is 71.9 Å². The number of rotatable bonds is 5. The molecule has 4 rings (SSSR count). The van der Waals surface area contributed by atoms with Gasteiger partial charge in [-0.05, 0) is 44.0 Å². The van der Waals surface area contributed by atoms with E-state index in [1.807, 2.05) is 42.2 Å². The highest BCUT2D eigenvalue weighted by molar-refractivity contribution is 7.98. The first kappa shape index (κ1) is 17.9. The van der Waals surface area contributed by atoms with Crippen molar-refractivity contribution in [2.75, 3.05) is 13.1 Å². The van der Waals surface area contributed by atoms with Gasteiger partial charge in [0.05, 0.1) is 17.0 Å². The summed E-state index contributed by atoms with van der Waals surface area (Å²) >= 11 is 1.62. The van der Waals surface area contributed by atoms with Crippen LogP contribution >= 0.6 is 11.8 Å². The van der Waals surface area contributed by atoms with Gasteiger partial charge in [-0.1, -0.05) is 17.3 Å². The second-order valence-corrected chi connectivity index (χ2v) is 7.89. The Morgan fingerprint density at radius 2 is 1.93 bits per heavy atom. The fraction of sp³-hybridized carbons (Fsp3) is 0.333. The Bertz CT molecular complexity index is 896. The molecule has 140 valence electrons. The topological polar surface area (TPSA) is 51.3 Å². The first-order chi connectivity index (χ1) is 13.2. The maximum absolute atomic E-state index is 13.1. The molecule has 0 aliphatic carbocycles. The number of thioether (sulfide) groups is 1. The molecule has 0 radical (unpaired) electrons. The van der Waals surface area contributed by atoms with Crippen molar-refractivity contribution in [1.29, 1.82) is 0 Å². The van der Waals surface area contributed by atoms with Gasteiger partial charge in [-0.2, -0.15) is 0 Å². The average Bonchev–Trinajstić information content (AvgIpc) is 3.38. The maximum atomic E-state index is 13.1. The fourth-order valence-corrected chi connectivity index (χ4v) is 4.45. The lowest BCUT2D eigenvalue weighted by Gasteiger charge is -2.33. The van der Waals surface area contributed by atoms with Crippen LogP contribution < -0.4 is 0 Å². The van der Waals surface area contributed by atoms with E-state index in [1.165, 1.54) is 0 Å². The molecule has 1 aliphatic rings. The molecule has 0 unspecified atom stereocenters. The van der Waals surface area contributed by atoms with Crippen LogP contribution in [0.4, 0.5) is 0 Å². The number of nitrogens with zero attached hydrogens (tertiary/aromatic N) is 3. The summed E-state index contributed by atoms with van der Waals surface area (Å²) in [5.41, 5.74) is 1.65. The molecule has 2 aromatic heterocycles. The highest BCUT2D eigenvalue weighted by atomic mass is 32.2. The predicted octanol–water partition coefficient (Wildman–Crippen LogP) is 4.55. The van der Waals surface area contributed by atoms with Crippen molar-refractivity contribution >= 4 is 17.7 Å². The molecule has 5 nitrogen and oxygen atoms in total. The minimum Gasteiger partial charge on any atom is -0.360 e. The van der Waals surface area contributed by atoms with Crippen molar-refractivity contribution < 1.29 is 9.32 Å². The molecule has 0 atom stereocenters. The molecule has 3 heterocycles. The van der Waals surface area contributed by atoms with Crippen LogP contribution in [-0.2, 0) is 5.75 Å². The quantitative estimate of drug-likeness (QED) is 0.608. The minimum absolute atomic E-state index is 0.123. The van der Waals surface area contributed by atoms with Gasteiger partial charge in [-0.3, -0.25) is 4.79 Å². The van der Waals surface area contributed by atoms with Gasteiger partial charge in [0.15, 0.2) is 0 Å². The summed E-state index contributed by atoms with van der Waals surface area (Å²) in [4.78, 5) is 16.1. The van der Waals surface area contributed by atoms with E-state index < -0.39 is 0 Å². The molecule has 3 aromatic rings. The maximum Gasteiger partial charge on any atom is 0.254 e. The Hall–Kier alpha value is -2.47. The first-order valence-corrected chi connectivity index (χ1v) is 10.2. The third kappa shape index (κ3) is 4.11. The number of carbonyl (C=O) groups excluding carboxylic acids is 1. The zero-order valence-corrected chi connectivity index (χ0v) is 16.2. The molecule has 1 saturated heterocycles. The van der Waals surface area contributed by atoms with E-state index in [0.29, 0.717) is 11.8 Å². The number of benzene rings is 1. The zero-order chi connectivity index (χ0) is 18.6. The monoisotopic (exact) mass is 381 g/mol. The van der Waals surface area contributed by atoms with Crippen molar-refractivity contribution in [3.63, 3.8) is 0 Å². The molecule has 6 heteroatoms. The lowest BCUT2D eigenvalue weighted by molar-refractivity contribution is 0.0691. The number of hydrogen-bond acceptors (Lipinski definition) is 4. The third-order valence-electron chi connectivity index (χ3n) is 4.97. The molecule has 1 aliphatic heterocycles. The highest BCUT2D eigenvalue weighted by Gasteiger charge is 2.25. The van der Waals surface area contributed by atoms with Gasteiger partial charge in [0.25, 0.3) is 5.91 Å². The van der Waals surface area contributed by atoms with Crippen LogP contribution in [0.1, 0.15) is 40.7 Å². The van der Waals surface area contributed by atoms with Crippen LogP contribution in [0.15, 0.2) is 64.3 Å². The predicted molar refractivity (Wildman–Crippen MR) is 106 cm³/mol. The number of carbonyl (C=O) groups is 1. The number of aromatic nitrogens is 2. The number of piperidine rings is 1. The minimum atomic E-state index is 0.123. The normalized spacial score (nSPS) is 15.2. The Balaban J connectivity index is 1.41. The molecule has 27 heavy (non-hydrogen) atoms. The van der Waals surface area contributed by atoms with Gasteiger partial charge in [0.2, 0.25) is 0 Å². The smallest absolute Gasteiger partial charge is 0.254 e. The van der Waals surface area contributed by atoms with Crippen molar-refractivity contribution in [3.8, 4) is 0 Å². The molecule has 0 N–H and O–H groups in total. The molecule has 1 aromatic carbocycles. The Morgan fingerprint density at radius 3 is 2.63 bits per heavy atom. The summed E-state index contributed by atoms with van der Waals surface area (Å²) in [6, 6.07) is 14.4. The summed E-state index contributed by atoms with van der Waals surface area (Å²) in [5.74, 6) is 1.62. The van der Waals surface area contributed by atoms with Gasteiger partial charge in [0.1, 0.15) is 5.76 Å². The first-order valence-electron chi connectivity index (χ1n) is 9.26. The molecule has 0 saturated carbocycles. The molecule has 1 fully saturated rings. The van der Waals surface area contributed by atoms with Gasteiger partial charge < -0.3 is 14.0 Å². The lowest BCUT2D eigenvalue weighted by atomic mass is 10.0. The second-order valence-electron chi connectivity index (χ2n) is 6.87. The van der Waals surface area contributed by atoms with Gasteiger partial charge in [-0.15, -0.1) is 11.8 Å². The summed E-state index contributed by atoms with van der Waals surface area (Å²) in [7, 11) is 0. The van der Waals surface area contributed by atoms with Crippen molar-refractivity contribution in [2.24, 2.45) is 0 Å². The molecular formula is C21H23N3O2S. The van der Waals surface area contributed by atoms with Gasteiger partial charge in [-0.25, -0.2) is 0 Å². The van der Waals surface area contributed by atoms with Crippen LogP contribution in [0.3, 0.4) is 0 Å². The van der Waals surface area contributed by atoms with E-state index in [2.05, 4.69) is 34.3 Å². The third-order valence-corrected chi connectivity index (χ3v) is 6.06. The number of amides is 1. The van der Waals surface area contributed by atoms with Crippen LogP contribution in [0.2, 0.25) is 0 Å². The van der Waals surface area contributed by atoms with E-state index in [0.717, 1.165) is 47.8 Å². The largest absolute Gasteiger partial charge is 0.360 e. The van der Waals surface area contributed by atoms with Crippen LogP contribution in [0.25, 0.3) is 0 Å². The SMILES string of the molecule is Cc1cc(CSc2ccccc2C(=O)N2CCC(n3cccc3)CC2)on1. The zero-order valence-electron chi connectivity index (χ0n) is 15.4. The van der Waals surface area contributed by atoms with Gasteiger partial charge in [0, 0.05) is 42.5 Å². The second kappa shape index (κ2) is 8.05. The van der Waals surface area contributed by atoms with E-state index in [1.54, 1.807) is 11.8 Å². The molecular weight excluding hydrogens is 358 g/mol. The molecule has 1 amide bonds. The molecule has 0 bridgehead atoms. The standard InChI is InChI=1S/C21H23N3O2S/c1-16-14-18(26-22-16)15-27-20-7-3-2-6-19(20)21(25)24-12-8-17(9-13-24)23-10-4-5-11-23/h2-7,10-11,14,17H,8-9,12-13,15H2,1H3. The fourth-order valence-electron chi connectivity index (χ4n) is 3.53. The van der Waals surface area contributed by atoms with E-state index in [4.69, 9.17) is 4.52 Å². The van der Waals surface area contributed by atoms with Crippen molar-refractivity contribution in [2.45, 2.75) is 36.5 Å². The summed E-state index contributed by atoms with van der Waals surface area (Å²) in [6.45, 7) is 3.50. The number of aryl methyl sites for hydroxylation is 1. The lowest BCUT2D eigenvalue weighted by Crippen LogP contribution is -2.39. The number of likely N-dealkylation sites (tertiary alicyclic amines) is 1. The summed E-state index contributed by atoms with van der Waals surface area (Å²) in [5, 5.41) is 3.92. The van der Waals surface area contributed by atoms with E-state index >= 15 is 0 Å².